The molecule has 1 aromatic heterocycles. The molecule has 0 saturated carbocycles. The van der Waals surface area contributed by atoms with E-state index in [1.165, 1.54) is 12.8 Å². The second-order valence-electron chi connectivity index (χ2n) is 5.26. The normalized spacial score (nSPS) is 20.2. The van der Waals surface area contributed by atoms with Gasteiger partial charge in [0.15, 0.2) is 0 Å². The van der Waals surface area contributed by atoms with Gasteiger partial charge in [0.25, 0.3) is 5.91 Å². The van der Waals surface area contributed by atoms with Crippen LogP contribution in [0.25, 0.3) is 0 Å². The number of likely N-dealkylation sites (tertiary alicyclic amines) is 1. The number of rotatable bonds is 3. The maximum atomic E-state index is 12.1. The number of piperidine rings is 1. The number of likely N-dealkylation sites (N-methyl/N-ethyl adjacent to an activating group) is 1. The molecule has 0 spiro atoms. The summed E-state index contributed by atoms with van der Waals surface area (Å²) < 4.78 is 0. The zero-order valence-electron chi connectivity index (χ0n) is 11.6. The molecular weight excluding hydrogens is 240 g/mol. The Balaban J connectivity index is 1.93. The van der Waals surface area contributed by atoms with E-state index in [0.717, 1.165) is 18.7 Å². The SMILES string of the molecule is Cc1cc(C(=O)NCC2CCCCN2C)cc(N)n1. The monoisotopic (exact) mass is 262 g/mol. The highest BCUT2D eigenvalue weighted by Gasteiger charge is 2.19. The molecule has 1 unspecified atom stereocenters. The Kier molecular flexibility index (Phi) is 4.37. The van der Waals surface area contributed by atoms with Crippen LogP contribution in [0.15, 0.2) is 12.1 Å². The number of carbonyl (C=O) groups is 1. The summed E-state index contributed by atoms with van der Waals surface area (Å²) in [6.07, 6.45) is 3.64. The molecule has 2 heterocycles. The number of aromatic nitrogens is 1. The first-order valence-corrected chi connectivity index (χ1v) is 6.79. The number of nitrogens with two attached hydrogens (primary N) is 1. The van der Waals surface area contributed by atoms with Gasteiger partial charge < -0.3 is 16.0 Å². The minimum atomic E-state index is -0.0730. The highest BCUT2D eigenvalue weighted by molar-refractivity contribution is 5.94. The molecule has 3 N–H and O–H groups in total. The number of amides is 1. The molecule has 5 heteroatoms. The van der Waals surface area contributed by atoms with Crippen LogP contribution in [0.1, 0.15) is 35.3 Å². The van der Waals surface area contributed by atoms with Crippen LogP contribution < -0.4 is 11.1 Å². The Morgan fingerprint density at radius 3 is 3.00 bits per heavy atom. The van der Waals surface area contributed by atoms with Crippen molar-refractivity contribution < 1.29 is 4.79 Å². The summed E-state index contributed by atoms with van der Waals surface area (Å²) >= 11 is 0. The zero-order valence-corrected chi connectivity index (χ0v) is 11.6. The van der Waals surface area contributed by atoms with Crippen molar-refractivity contribution in [2.75, 3.05) is 25.9 Å². The number of nitrogen functional groups attached to an aromatic ring is 1. The minimum Gasteiger partial charge on any atom is -0.384 e. The number of anilines is 1. The first-order chi connectivity index (χ1) is 9.06. The van der Waals surface area contributed by atoms with Crippen molar-refractivity contribution in [1.82, 2.24) is 15.2 Å². The van der Waals surface area contributed by atoms with E-state index in [2.05, 4.69) is 22.2 Å². The maximum Gasteiger partial charge on any atom is 0.251 e. The molecule has 104 valence electrons. The third kappa shape index (κ3) is 3.67. The number of aryl methyl sites for hydroxylation is 1. The van der Waals surface area contributed by atoms with Gasteiger partial charge in [0.2, 0.25) is 0 Å². The van der Waals surface area contributed by atoms with Gasteiger partial charge in [-0.25, -0.2) is 4.98 Å². The molecule has 19 heavy (non-hydrogen) atoms. The largest absolute Gasteiger partial charge is 0.384 e. The van der Waals surface area contributed by atoms with Crippen molar-refractivity contribution in [2.24, 2.45) is 0 Å². The number of carbonyl (C=O) groups excluding carboxylic acids is 1. The van der Waals surface area contributed by atoms with E-state index in [1.54, 1.807) is 12.1 Å². The van der Waals surface area contributed by atoms with Crippen LogP contribution in [0.3, 0.4) is 0 Å². The van der Waals surface area contributed by atoms with Gasteiger partial charge >= 0.3 is 0 Å². The van der Waals surface area contributed by atoms with Gasteiger partial charge in [0.05, 0.1) is 0 Å². The number of nitrogens with one attached hydrogen (secondary N) is 1. The lowest BCUT2D eigenvalue weighted by atomic mass is 10.0. The summed E-state index contributed by atoms with van der Waals surface area (Å²) in [7, 11) is 2.12. The predicted octanol–water partition coefficient (Wildman–Crippen LogP) is 1.19. The van der Waals surface area contributed by atoms with E-state index in [9.17, 15) is 4.79 Å². The molecule has 0 aliphatic carbocycles. The van der Waals surface area contributed by atoms with E-state index >= 15 is 0 Å². The van der Waals surface area contributed by atoms with Gasteiger partial charge in [-0.15, -0.1) is 0 Å². The van der Waals surface area contributed by atoms with Gasteiger partial charge in [-0.1, -0.05) is 6.42 Å². The van der Waals surface area contributed by atoms with Gasteiger partial charge in [-0.2, -0.15) is 0 Å². The van der Waals surface area contributed by atoms with Crippen molar-refractivity contribution in [2.45, 2.75) is 32.2 Å². The van der Waals surface area contributed by atoms with Gasteiger partial charge in [0, 0.05) is 23.8 Å². The Morgan fingerprint density at radius 2 is 2.32 bits per heavy atom. The molecule has 1 amide bonds. The van der Waals surface area contributed by atoms with E-state index in [-0.39, 0.29) is 5.91 Å². The van der Waals surface area contributed by atoms with Crippen LogP contribution in [-0.2, 0) is 0 Å². The van der Waals surface area contributed by atoms with Crippen molar-refractivity contribution in [3.63, 3.8) is 0 Å². The second kappa shape index (κ2) is 6.02. The van der Waals surface area contributed by atoms with E-state index in [1.807, 2.05) is 6.92 Å². The Morgan fingerprint density at radius 1 is 1.53 bits per heavy atom. The Hall–Kier alpha value is -1.62. The smallest absolute Gasteiger partial charge is 0.251 e. The number of hydrogen-bond acceptors (Lipinski definition) is 4. The highest BCUT2D eigenvalue weighted by atomic mass is 16.1. The van der Waals surface area contributed by atoms with Crippen LogP contribution in [0.5, 0.6) is 0 Å². The summed E-state index contributed by atoms with van der Waals surface area (Å²) in [6, 6.07) is 3.82. The molecule has 1 fully saturated rings. The predicted molar refractivity (Wildman–Crippen MR) is 76.0 cm³/mol. The summed E-state index contributed by atoms with van der Waals surface area (Å²) in [5.74, 6) is 0.316. The number of pyridine rings is 1. The molecule has 1 saturated heterocycles. The van der Waals surface area contributed by atoms with E-state index < -0.39 is 0 Å². The van der Waals surface area contributed by atoms with Crippen molar-refractivity contribution in [3.05, 3.63) is 23.4 Å². The molecule has 2 rings (SSSR count). The second-order valence-corrected chi connectivity index (χ2v) is 5.26. The minimum absolute atomic E-state index is 0.0730. The Labute approximate surface area is 114 Å². The average molecular weight is 262 g/mol. The average Bonchev–Trinajstić information content (AvgIpc) is 2.36. The van der Waals surface area contributed by atoms with Crippen molar-refractivity contribution >= 4 is 11.7 Å². The summed E-state index contributed by atoms with van der Waals surface area (Å²) in [6.45, 7) is 3.64. The molecular formula is C14H22N4O. The number of nitrogens with zero attached hydrogens (tertiary/aromatic N) is 2. The molecule has 1 atom stereocenters. The first kappa shape index (κ1) is 13.8. The van der Waals surface area contributed by atoms with Gasteiger partial charge in [-0.3, -0.25) is 4.79 Å². The van der Waals surface area contributed by atoms with Crippen molar-refractivity contribution in [3.8, 4) is 0 Å². The maximum absolute atomic E-state index is 12.1. The summed E-state index contributed by atoms with van der Waals surface area (Å²) in [5.41, 5.74) is 7.01. The fourth-order valence-electron chi connectivity index (χ4n) is 2.54. The lowest BCUT2D eigenvalue weighted by Gasteiger charge is -2.32. The highest BCUT2D eigenvalue weighted by Crippen LogP contribution is 2.14. The molecule has 1 aliphatic heterocycles. The van der Waals surface area contributed by atoms with Crippen LogP contribution in [0, 0.1) is 6.92 Å². The zero-order chi connectivity index (χ0) is 13.8. The van der Waals surface area contributed by atoms with Crippen molar-refractivity contribution in [1.29, 1.82) is 0 Å². The van der Waals surface area contributed by atoms with Crippen LogP contribution in [0.2, 0.25) is 0 Å². The van der Waals surface area contributed by atoms with Crippen LogP contribution in [-0.4, -0.2) is 42.0 Å². The van der Waals surface area contributed by atoms with Gasteiger partial charge in [-0.05, 0) is 45.5 Å². The molecule has 0 radical (unpaired) electrons. The topological polar surface area (TPSA) is 71.2 Å². The number of hydrogen-bond donors (Lipinski definition) is 2. The Bertz CT molecular complexity index is 441. The fourth-order valence-corrected chi connectivity index (χ4v) is 2.54. The van der Waals surface area contributed by atoms with E-state index in [4.69, 9.17) is 5.73 Å². The van der Waals surface area contributed by atoms with Gasteiger partial charge in [0.1, 0.15) is 5.82 Å². The third-order valence-electron chi connectivity index (χ3n) is 3.66. The lowest BCUT2D eigenvalue weighted by molar-refractivity contribution is 0.0928. The quantitative estimate of drug-likeness (QED) is 0.858. The molecule has 1 aromatic rings. The molecule has 0 bridgehead atoms. The standard InChI is InChI=1S/C14H22N4O/c1-10-7-11(8-13(15)17-10)14(19)16-9-12-5-3-4-6-18(12)2/h7-8,12H,3-6,9H2,1-2H3,(H2,15,17)(H,16,19). The molecule has 1 aliphatic rings. The molecule has 5 nitrogen and oxygen atoms in total. The van der Waals surface area contributed by atoms with E-state index in [0.29, 0.717) is 24.0 Å². The van der Waals surface area contributed by atoms with Crippen LogP contribution in [0.4, 0.5) is 5.82 Å². The first-order valence-electron chi connectivity index (χ1n) is 6.79. The lowest BCUT2D eigenvalue weighted by Crippen LogP contribution is -2.44. The summed E-state index contributed by atoms with van der Waals surface area (Å²) in [5, 5.41) is 2.99. The fraction of sp³-hybridized carbons (Fsp3) is 0.571. The summed E-state index contributed by atoms with van der Waals surface area (Å²) in [4.78, 5) is 18.5. The third-order valence-corrected chi connectivity index (χ3v) is 3.66. The van der Waals surface area contributed by atoms with Crippen LogP contribution >= 0.6 is 0 Å². The molecule has 0 aromatic carbocycles.